The van der Waals surface area contributed by atoms with E-state index in [9.17, 15) is 9.59 Å². The highest BCUT2D eigenvalue weighted by molar-refractivity contribution is 5.99. The molecule has 1 aliphatic heterocycles. The van der Waals surface area contributed by atoms with Gasteiger partial charge in [0.2, 0.25) is 0 Å². The predicted molar refractivity (Wildman–Crippen MR) is 98.8 cm³/mol. The van der Waals surface area contributed by atoms with Crippen molar-refractivity contribution in [3.8, 4) is 17.2 Å². The fraction of sp³-hybridized carbons (Fsp3) is 0.429. The molecule has 0 unspecified atom stereocenters. The Morgan fingerprint density at radius 1 is 1.12 bits per heavy atom. The lowest BCUT2D eigenvalue weighted by Gasteiger charge is -2.34. The minimum atomic E-state index is -0.458. The highest BCUT2D eigenvalue weighted by Crippen LogP contribution is 2.50. The minimum Gasteiger partial charge on any atom is -0.487 e. The van der Waals surface area contributed by atoms with Crippen LogP contribution in [-0.2, 0) is 16.0 Å². The van der Waals surface area contributed by atoms with E-state index in [0.717, 1.165) is 17.4 Å². The molecule has 0 atom stereocenters. The second-order valence-electron chi connectivity index (χ2n) is 7.19. The third kappa shape index (κ3) is 3.52. The van der Waals surface area contributed by atoms with Crippen LogP contribution in [0.3, 0.4) is 0 Å². The van der Waals surface area contributed by atoms with Crippen LogP contribution in [0.2, 0.25) is 0 Å². The second-order valence-corrected chi connectivity index (χ2v) is 7.19. The van der Waals surface area contributed by atoms with Gasteiger partial charge in [-0.1, -0.05) is 31.2 Å². The second kappa shape index (κ2) is 6.98. The fourth-order valence-corrected chi connectivity index (χ4v) is 3.22. The zero-order valence-corrected chi connectivity index (χ0v) is 15.7. The van der Waals surface area contributed by atoms with E-state index in [1.807, 2.05) is 45.0 Å². The minimum absolute atomic E-state index is 0.297. The van der Waals surface area contributed by atoms with Gasteiger partial charge in [-0.15, -0.1) is 0 Å². The summed E-state index contributed by atoms with van der Waals surface area (Å²) in [4.78, 5) is 23.9. The highest BCUT2D eigenvalue weighted by Gasteiger charge is 2.33. The van der Waals surface area contributed by atoms with E-state index >= 15 is 0 Å². The lowest BCUT2D eigenvalue weighted by Crippen LogP contribution is -2.33. The van der Waals surface area contributed by atoms with Crippen LogP contribution in [0.25, 0.3) is 10.8 Å². The van der Waals surface area contributed by atoms with Crippen molar-refractivity contribution < 1.29 is 23.8 Å². The Hall–Kier alpha value is -2.56. The fourth-order valence-electron chi connectivity index (χ4n) is 3.22. The summed E-state index contributed by atoms with van der Waals surface area (Å²) in [5.41, 5.74) is 0.460. The van der Waals surface area contributed by atoms with Crippen LogP contribution in [0.5, 0.6) is 17.2 Å². The van der Waals surface area contributed by atoms with Gasteiger partial charge in [-0.3, -0.25) is 9.59 Å². The van der Waals surface area contributed by atoms with E-state index in [4.69, 9.17) is 14.2 Å². The van der Waals surface area contributed by atoms with Crippen LogP contribution in [0.15, 0.2) is 24.3 Å². The smallest absolute Gasteiger partial charge is 0.311 e. The number of hydrogen-bond acceptors (Lipinski definition) is 5. The van der Waals surface area contributed by atoms with Crippen LogP contribution in [0, 0.1) is 0 Å². The van der Waals surface area contributed by atoms with Crippen LogP contribution in [-0.4, -0.2) is 17.5 Å². The number of fused-ring (bicyclic) bond motifs is 3. The third-order valence-corrected chi connectivity index (χ3v) is 4.44. The first-order valence-corrected chi connectivity index (χ1v) is 8.98. The summed E-state index contributed by atoms with van der Waals surface area (Å²) in [7, 11) is 0. The molecule has 0 fully saturated rings. The van der Waals surface area contributed by atoms with E-state index in [2.05, 4.69) is 0 Å². The summed E-state index contributed by atoms with van der Waals surface area (Å²) < 4.78 is 17.4. The molecule has 0 saturated carbocycles. The Labute approximate surface area is 153 Å². The number of carbonyl (C=O) groups excluding carboxylic acids is 2. The molecule has 0 N–H and O–H groups in total. The standard InChI is InChI=1S/C21H24O5/c1-5-8-17(23)25-19-15-10-7-6-9-14(15)18-16(20(19)24-13(2)22)11-12-21(3,4)26-18/h6-7,9-10H,5,8,11-12H2,1-4H3. The van der Waals surface area contributed by atoms with Crippen molar-refractivity contribution >= 4 is 22.7 Å². The predicted octanol–water partition coefficient (Wildman–Crippen LogP) is 4.57. The van der Waals surface area contributed by atoms with Gasteiger partial charge in [0, 0.05) is 29.7 Å². The lowest BCUT2D eigenvalue weighted by molar-refractivity contribution is -0.136. The largest absolute Gasteiger partial charge is 0.487 e. The average Bonchev–Trinajstić information content (AvgIpc) is 2.57. The molecule has 26 heavy (non-hydrogen) atoms. The van der Waals surface area contributed by atoms with Gasteiger partial charge in [0.15, 0.2) is 11.5 Å². The molecule has 0 aliphatic carbocycles. The monoisotopic (exact) mass is 356 g/mol. The first kappa shape index (κ1) is 18.2. The van der Waals surface area contributed by atoms with Crippen molar-refractivity contribution in [2.75, 3.05) is 0 Å². The first-order chi connectivity index (χ1) is 12.3. The van der Waals surface area contributed by atoms with Gasteiger partial charge >= 0.3 is 11.9 Å². The maximum Gasteiger partial charge on any atom is 0.311 e. The quantitative estimate of drug-likeness (QED) is 0.593. The summed E-state index contributed by atoms with van der Waals surface area (Å²) in [5, 5.41) is 1.55. The van der Waals surface area contributed by atoms with Gasteiger partial charge in [-0.05, 0) is 33.1 Å². The van der Waals surface area contributed by atoms with Crippen molar-refractivity contribution in [1.29, 1.82) is 0 Å². The molecular weight excluding hydrogens is 332 g/mol. The Bertz CT molecular complexity index is 866. The summed E-state index contributed by atoms with van der Waals surface area (Å²) in [5.74, 6) is 0.494. The van der Waals surface area contributed by atoms with Gasteiger partial charge in [-0.25, -0.2) is 0 Å². The van der Waals surface area contributed by atoms with E-state index in [-0.39, 0.29) is 11.6 Å². The molecule has 0 spiro atoms. The van der Waals surface area contributed by atoms with Crippen molar-refractivity contribution in [2.45, 2.75) is 59.0 Å². The molecule has 138 valence electrons. The molecule has 1 aliphatic rings. The maximum atomic E-state index is 12.2. The van der Waals surface area contributed by atoms with Crippen LogP contribution in [0.4, 0.5) is 0 Å². The molecule has 5 heteroatoms. The average molecular weight is 356 g/mol. The number of hydrogen-bond donors (Lipinski definition) is 0. The Balaban J connectivity index is 2.27. The van der Waals surface area contributed by atoms with E-state index in [1.165, 1.54) is 6.92 Å². The molecule has 5 nitrogen and oxygen atoms in total. The van der Waals surface area contributed by atoms with Crippen LogP contribution >= 0.6 is 0 Å². The Morgan fingerprint density at radius 2 is 1.81 bits per heavy atom. The molecule has 0 bridgehead atoms. The van der Waals surface area contributed by atoms with Crippen molar-refractivity contribution in [3.63, 3.8) is 0 Å². The van der Waals surface area contributed by atoms with E-state index < -0.39 is 5.97 Å². The maximum absolute atomic E-state index is 12.2. The van der Waals surface area contributed by atoms with Crippen LogP contribution in [0.1, 0.15) is 52.5 Å². The molecule has 0 radical (unpaired) electrons. The van der Waals surface area contributed by atoms with Gasteiger partial charge in [0.1, 0.15) is 11.4 Å². The number of rotatable bonds is 4. The summed E-state index contributed by atoms with van der Waals surface area (Å²) in [6.45, 7) is 7.32. The lowest BCUT2D eigenvalue weighted by atomic mass is 9.91. The number of carbonyl (C=O) groups is 2. The molecule has 0 amide bonds. The summed E-state index contributed by atoms with van der Waals surface area (Å²) in [6.07, 6.45) is 2.43. The van der Waals surface area contributed by atoms with E-state index in [0.29, 0.717) is 41.9 Å². The molecule has 0 saturated heterocycles. The van der Waals surface area contributed by atoms with Gasteiger partial charge in [-0.2, -0.15) is 0 Å². The molecule has 3 rings (SSSR count). The third-order valence-electron chi connectivity index (χ3n) is 4.44. The topological polar surface area (TPSA) is 61.8 Å². The van der Waals surface area contributed by atoms with Gasteiger partial charge in [0.05, 0.1) is 0 Å². The number of esters is 2. The highest BCUT2D eigenvalue weighted by atomic mass is 16.6. The van der Waals surface area contributed by atoms with Crippen molar-refractivity contribution in [1.82, 2.24) is 0 Å². The number of benzene rings is 2. The van der Waals surface area contributed by atoms with Gasteiger partial charge < -0.3 is 14.2 Å². The zero-order valence-electron chi connectivity index (χ0n) is 15.7. The van der Waals surface area contributed by atoms with Gasteiger partial charge in [0.25, 0.3) is 0 Å². The number of ether oxygens (including phenoxy) is 3. The zero-order chi connectivity index (χ0) is 18.9. The van der Waals surface area contributed by atoms with E-state index in [1.54, 1.807) is 0 Å². The normalized spacial score (nSPS) is 15.1. The van der Waals surface area contributed by atoms with Crippen molar-refractivity contribution in [3.05, 3.63) is 29.8 Å². The molecule has 2 aromatic carbocycles. The summed E-state index contributed by atoms with van der Waals surface area (Å²) in [6, 6.07) is 7.56. The van der Waals surface area contributed by atoms with Crippen molar-refractivity contribution in [2.24, 2.45) is 0 Å². The Kier molecular flexibility index (Phi) is 4.90. The molecule has 2 aromatic rings. The molecule has 1 heterocycles. The molecular formula is C21H24O5. The summed E-state index contributed by atoms with van der Waals surface area (Å²) >= 11 is 0. The first-order valence-electron chi connectivity index (χ1n) is 8.98. The van der Waals surface area contributed by atoms with Crippen LogP contribution < -0.4 is 14.2 Å². The Morgan fingerprint density at radius 3 is 2.46 bits per heavy atom. The molecule has 0 aromatic heterocycles. The SMILES string of the molecule is CCCC(=O)Oc1c(OC(C)=O)c2c(c3ccccc13)OC(C)(C)CC2.